The van der Waals surface area contributed by atoms with Crippen LogP contribution in [-0.4, -0.2) is 25.1 Å². The molecule has 6 nitrogen and oxygen atoms in total. The highest BCUT2D eigenvalue weighted by molar-refractivity contribution is 7.88. The average Bonchev–Trinajstić information content (AvgIpc) is 2.38. The van der Waals surface area contributed by atoms with Crippen LogP contribution in [0, 0.1) is 0 Å². The Bertz CT molecular complexity index is 318. The largest absolute Gasteiger partial charge is 0.343 e. The summed E-state index contributed by atoms with van der Waals surface area (Å²) in [6.07, 6.45) is 1.09. The molecule has 1 aromatic heterocycles. The fourth-order valence-corrected chi connectivity index (χ4v) is 1.71. The van der Waals surface area contributed by atoms with Crippen LogP contribution in [-0.2, 0) is 15.8 Å². The lowest BCUT2D eigenvalue weighted by Crippen LogP contribution is -2.25. The van der Waals surface area contributed by atoms with E-state index in [-0.39, 0.29) is 11.6 Å². The Labute approximate surface area is 70.0 Å². The summed E-state index contributed by atoms with van der Waals surface area (Å²) < 4.78 is 28.8. The molecule has 0 saturated heterocycles. The van der Waals surface area contributed by atoms with Crippen molar-refractivity contribution >= 4 is 10.0 Å². The van der Waals surface area contributed by atoms with Crippen molar-refractivity contribution in [2.75, 3.05) is 6.54 Å². The molecule has 12 heavy (non-hydrogen) atoms. The molecule has 0 spiro atoms. The van der Waals surface area contributed by atoms with Crippen molar-refractivity contribution in [3.8, 4) is 0 Å². The highest BCUT2D eigenvalue weighted by Crippen LogP contribution is 1.96. The first-order valence-corrected chi connectivity index (χ1v) is 5.02. The monoisotopic (exact) mass is 191 g/mol. The minimum absolute atomic E-state index is 0.163. The molecule has 0 saturated carbocycles. The van der Waals surface area contributed by atoms with Crippen molar-refractivity contribution in [3.63, 3.8) is 0 Å². The lowest BCUT2D eigenvalue weighted by molar-refractivity contribution is 0.411. The molecular weight excluding hydrogens is 182 g/mol. The van der Waals surface area contributed by atoms with E-state index in [2.05, 4.69) is 19.4 Å². The topological polar surface area (TPSA) is 85.1 Å². The molecule has 0 aromatic carbocycles. The first kappa shape index (κ1) is 9.14. The third kappa shape index (κ3) is 2.59. The van der Waals surface area contributed by atoms with Crippen LogP contribution in [0.2, 0.25) is 0 Å². The van der Waals surface area contributed by atoms with Crippen molar-refractivity contribution in [2.24, 2.45) is 0 Å². The second kappa shape index (κ2) is 3.63. The molecule has 0 fully saturated rings. The lowest BCUT2D eigenvalue weighted by Gasteiger charge is -1.99. The van der Waals surface area contributed by atoms with Crippen molar-refractivity contribution in [2.45, 2.75) is 12.7 Å². The second-order valence-corrected chi connectivity index (χ2v) is 3.91. The summed E-state index contributed by atoms with van der Waals surface area (Å²) in [7, 11) is -3.29. The standard InChI is InChI=1S/C5H9N3O3S/c1-2-7-12(9,10)3-5-6-4-11-8-5/h4,7H,2-3H2,1H3. The molecule has 68 valence electrons. The fourth-order valence-electron chi connectivity index (χ4n) is 0.697. The Morgan fingerprint density at radius 1 is 1.67 bits per heavy atom. The Balaban J connectivity index is 2.63. The Morgan fingerprint density at radius 3 is 2.92 bits per heavy atom. The van der Waals surface area contributed by atoms with Crippen LogP contribution in [0.4, 0.5) is 0 Å². The van der Waals surface area contributed by atoms with Crippen LogP contribution in [0.5, 0.6) is 0 Å². The molecule has 0 unspecified atom stereocenters. The van der Waals surface area contributed by atoms with E-state index < -0.39 is 10.0 Å². The van der Waals surface area contributed by atoms with Crippen LogP contribution >= 0.6 is 0 Å². The summed E-state index contributed by atoms with van der Waals surface area (Å²) in [5.74, 6) is -0.0758. The summed E-state index contributed by atoms with van der Waals surface area (Å²) >= 11 is 0. The van der Waals surface area contributed by atoms with E-state index >= 15 is 0 Å². The number of nitrogens with one attached hydrogen (secondary N) is 1. The maximum Gasteiger partial charge on any atom is 0.219 e. The number of rotatable bonds is 4. The number of sulfonamides is 1. The number of hydrogen-bond acceptors (Lipinski definition) is 5. The molecule has 0 aliphatic rings. The van der Waals surface area contributed by atoms with Gasteiger partial charge in [-0.15, -0.1) is 0 Å². The van der Waals surface area contributed by atoms with Crippen LogP contribution in [0.15, 0.2) is 10.9 Å². The zero-order valence-electron chi connectivity index (χ0n) is 6.52. The van der Waals surface area contributed by atoms with Gasteiger partial charge in [-0.25, -0.2) is 13.1 Å². The summed E-state index contributed by atoms with van der Waals surface area (Å²) in [5, 5.41) is 3.38. The van der Waals surface area contributed by atoms with Gasteiger partial charge in [-0.1, -0.05) is 12.1 Å². The molecular formula is C5H9N3O3S. The van der Waals surface area contributed by atoms with E-state index in [1.54, 1.807) is 6.92 Å². The Hall–Kier alpha value is -0.950. The smallest absolute Gasteiger partial charge is 0.219 e. The molecule has 0 radical (unpaired) electrons. The normalized spacial score (nSPS) is 11.8. The quantitative estimate of drug-likeness (QED) is 0.694. The highest BCUT2D eigenvalue weighted by Gasteiger charge is 2.12. The summed E-state index contributed by atoms with van der Waals surface area (Å²) in [6, 6.07) is 0. The summed E-state index contributed by atoms with van der Waals surface area (Å²) in [5.41, 5.74) is 0. The first-order valence-electron chi connectivity index (χ1n) is 3.36. The third-order valence-electron chi connectivity index (χ3n) is 1.09. The van der Waals surface area contributed by atoms with Gasteiger partial charge in [-0.3, -0.25) is 0 Å². The zero-order valence-corrected chi connectivity index (χ0v) is 7.34. The van der Waals surface area contributed by atoms with Gasteiger partial charge < -0.3 is 4.52 Å². The predicted octanol–water partition coefficient (Wildman–Crippen LogP) is -0.491. The first-order chi connectivity index (χ1) is 5.64. The van der Waals surface area contributed by atoms with Gasteiger partial charge in [-0.05, 0) is 0 Å². The van der Waals surface area contributed by atoms with Crippen LogP contribution in [0.25, 0.3) is 0 Å². The minimum atomic E-state index is -3.29. The molecule has 0 aliphatic heterocycles. The predicted molar refractivity (Wildman–Crippen MR) is 40.6 cm³/mol. The molecule has 1 heterocycles. The number of nitrogens with zero attached hydrogens (tertiary/aromatic N) is 2. The van der Waals surface area contributed by atoms with E-state index in [0.717, 1.165) is 6.39 Å². The Kier molecular flexibility index (Phi) is 2.77. The SMILES string of the molecule is CCNS(=O)(=O)Cc1ncon1. The molecule has 1 aromatic rings. The Morgan fingerprint density at radius 2 is 2.42 bits per heavy atom. The molecule has 1 N–H and O–H groups in total. The molecule has 7 heteroatoms. The van der Waals surface area contributed by atoms with E-state index in [1.807, 2.05) is 0 Å². The fraction of sp³-hybridized carbons (Fsp3) is 0.600. The van der Waals surface area contributed by atoms with Crippen molar-refractivity contribution in [1.82, 2.24) is 14.9 Å². The van der Waals surface area contributed by atoms with E-state index in [9.17, 15) is 8.42 Å². The van der Waals surface area contributed by atoms with Gasteiger partial charge in [0.2, 0.25) is 16.4 Å². The van der Waals surface area contributed by atoms with Crippen molar-refractivity contribution in [3.05, 3.63) is 12.2 Å². The van der Waals surface area contributed by atoms with E-state index in [1.165, 1.54) is 0 Å². The molecule has 0 aliphatic carbocycles. The molecule has 0 atom stereocenters. The van der Waals surface area contributed by atoms with Gasteiger partial charge in [0.1, 0.15) is 5.75 Å². The minimum Gasteiger partial charge on any atom is -0.343 e. The number of hydrogen-bond donors (Lipinski definition) is 1. The zero-order chi connectivity index (χ0) is 9.03. The van der Waals surface area contributed by atoms with Gasteiger partial charge in [0.05, 0.1) is 0 Å². The average molecular weight is 191 g/mol. The summed E-state index contributed by atoms with van der Waals surface area (Å²) in [4.78, 5) is 3.59. The highest BCUT2D eigenvalue weighted by atomic mass is 32.2. The van der Waals surface area contributed by atoms with Gasteiger partial charge >= 0.3 is 0 Å². The lowest BCUT2D eigenvalue weighted by atomic mass is 10.7. The van der Waals surface area contributed by atoms with Crippen LogP contribution in [0.1, 0.15) is 12.7 Å². The van der Waals surface area contributed by atoms with E-state index in [4.69, 9.17) is 0 Å². The van der Waals surface area contributed by atoms with Crippen LogP contribution in [0.3, 0.4) is 0 Å². The molecule has 0 bridgehead atoms. The van der Waals surface area contributed by atoms with Gasteiger partial charge in [0.15, 0.2) is 5.82 Å². The van der Waals surface area contributed by atoms with Gasteiger partial charge in [0, 0.05) is 6.54 Å². The molecule has 0 amide bonds. The van der Waals surface area contributed by atoms with Gasteiger partial charge in [-0.2, -0.15) is 4.98 Å². The van der Waals surface area contributed by atoms with E-state index in [0.29, 0.717) is 6.54 Å². The summed E-state index contributed by atoms with van der Waals surface area (Å²) in [6.45, 7) is 2.06. The van der Waals surface area contributed by atoms with Crippen LogP contribution < -0.4 is 4.72 Å². The number of aromatic nitrogens is 2. The molecule has 1 rings (SSSR count). The van der Waals surface area contributed by atoms with Gasteiger partial charge in [0.25, 0.3) is 0 Å². The maximum absolute atomic E-state index is 11.1. The van der Waals surface area contributed by atoms with Crippen molar-refractivity contribution < 1.29 is 12.9 Å². The maximum atomic E-state index is 11.1. The second-order valence-electron chi connectivity index (χ2n) is 2.10. The third-order valence-corrected chi connectivity index (χ3v) is 2.46. The van der Waals surface area contributed by atoms with Crippen molar-refractivity contribution in [1.29, 1.82) is 0 Å².